The number of hydrogen-bond acceptors (Lipinski definition) is 5. The van der Waals surface area contributed by atoms with Crippen molar-refractivity contribution in [1.29, 1.82) is 0 Å². The Morgan fingerprint density at radius 2 is 2.26 bits per heavy atom. The maximum Gasteiger partial charge on any atom is 0.274 e. The Kier molecular flexibility index (Phi) is 7.18. The van der Waals surface area contributed by atoms with Gasteiger partial charge in [0.1, 0.15) is 5.69 Å². The Morgan fingerprint density at radius 1 is 1.48 bits per heavy atom. The summed E-state index contributed by atoms with van der Waals surface area (Å²) in [6.45, 7) is 2.02. The summed E-state index contributed by atoms with van der Waals surface area (Å²) in [5, 5.41) is 19.0. The van der Waals surface area contributed by atoms with Gasteiger partial charge in [0.2, 0.25) is 0 Å². The van der Waals surface area contributed by atoms with Crippen molar-refractivity contribution in [2.75, 3.05) is 20.1 Å². The Labute approximate surface area is 168 Å². The second kappa shape index (κ2) is 9.16. The van der Waals surface area contributed by atoms with E-state index in [4.69, 9.17) is 11.6 Å². The van der Waals surface area contributed by atoms with Crippen molar-refractivity contribution in [3.05, 3.63) is 56.9 Å². The normalized spacial score (nSPS) is 16.4. The Bertz CT molecular complexity index is 821. The number of piperidine rings is 1. The monoisotopic (exact) mass is 413 g/mol. The van der Waals surface area contributed by atoms with Crippen LogP contribution in [0.25, 0.3) is 0 Å². The van der Waals surface area contributed by atoms with Crippen LogP contribution in [-0.2, 0) is 6.54 Å². The van der Waals surface area contributed by atoms with E-state index in [-0.39, 0.29) is 36.6 Å². The molecule has 2 heterocycles. The molecule has 1 aromatic heterocycles. The number of nitro groups is 1. The van der Waals surface area contributed by atoms with Crippen LogP contribution in [0.15, 0.2) is 30.5 Å². The fraction of sp³-hybridized carbons (Fsp3) is 0.412. The van der Waals surface area contributed by atoms with Gasteiger partial charge in [-0.25, -0.2) is 0 Å². The first-order chi connectivity index (χ1) is 12.5. The van der Waals surface area contributed by atoms with Crippen LogP contribution >= 0.6 is 24.0 Å². The van der Waals surface area contributed by atoms with Gasteiger partial charge in [-0.3, -0.25) is 19.6 Å². The van der Waals surface area contributed by atoms with Crippen LogP contribution in [-0.4, -0.2) is 45.6 Å². The molecule has 0 aliphatic carbocycles. The first-order valence-corrected chi connectivity index (χ1v) is 8.77. The molecule has 0 saturated carbocycles. The summed E-state index contributed by atoms with van der Waals surface area (Å²) in [7, 11) is 1.62. The van der Waals surface area contributed by atoms with E-state index in [1.54, 1.807) is 13.1 Å². The van der Waals surface area contributed by atoms with Crippen molar-refractivity contribution >= 4 is 35.6 Å². The van der Waals surface area contributed by atoms with Crippen LogP contribution < -0.4 is 5.32 Å². The largest absolute Gasteiger partial charge is 0.336 e. The third-order valence-electron chi connectivity index (χ3n) is 4.47. The highest BCUT2D eigenvalue weighted by atomic mass is 35.5. The molecule has 1 aromatic carbocycles. The lowest BCUT2D eigenvalue weighted by molar-refractivity contribution is -0.384. The van der Waals surface area contributed by atoms with Gasteiger partial charge in [-0.1, -0.05) is 11.6 Å². The smallest absolute Gasteiger partial charge is 0.274 e. The first kappa shape index (κ1) is 21.1. The standard InChI is InChI=1S/C17H20ClN5O3.ClH/c1-21(11-12-9-13(23(25)26)4-5-15(12)18)17(24)16-6-8-22(20-16)14-3-2-7-19-10-14;/h4-6,8-9,14,19H,2-3,7,10-11H2,1H3;1H. The average Bonchev–Trinajstić information content (AvgIpc) is 3.13. The zero-order valence-electron chi connectivity index (χ0n) is 14.8. The number of nitro benzene ring substituents is 1. The second-order valence-corrected chi connectivity index (χ2v) is 6.78. The molecule has 1 amide bonds. The van der Waals surface area contributed by atoms with Gasteiger partial charge in [0, 0.05) is 43.5 Å². The Morgan fingerprint density at radius 3 is 2.93 bits per heavy atom. The molecular weight excluding hydrogens is 393 g/mol. The lowest BCUT2D eigenvalue weighted by Crippen LogP contribution is -2.32. The van der Waals surface area contributed by atoms with E-state index in [1.807, 2.05) is 10.9 Å². The van der Waals surface area contributed by atoms with Gasteiger partial charge in [-0.15, -0.1) is 12.4 Å². The van der Waals surface area contributed by atoms with Gasteiger partial charge in [0.05, 0.1) is 11.0 Å². The highest BCUT2D eigenvalue weighted by molar-refractivity contribution is 6.31. The zero-order valence-corrected chi connectivity index (χ0v) is 16.4. The number of nitrogens with one attached hydrogen (secondary N) is 1. The van der Waals surface area contributed by atoms with E-state index >= 15 is 0 Å². The van der Waals surface area contributed by atoms with Gasteiger partial charge in [0.25, 0.3) is 11.6 Å². The summed E-state index contributed by atoms with van der Waals surface area (Å²) in [6, 6.07) is 6.15. The minimum absolute atomic E-state index is 0. The lowest BCUT2D eigenvalue weighted by atomic mass is 10.1. The van der Waals surface area contributed by atoms with Crippen molar-refractivity contribution in [2.45, 2.75) is 25.4 Å². The number of halogens is 2. The summed E-state index contributed by atoms with van der Waals surface area (Å²) in [5.74, 6) is -0.255. The average molecular weight is 414 g/mol. The molecule has 1 N–H and O–H groups in total. The fourth-order valence-electron chi connectivity index (χ4n) is 3.03. The SMILES string of the molecule is CN(Cc1cc([N+](=O)[O-])ccc1Cl)C(=O)c1ccn(C2CCCNC2)n1.Cl. The number of rotatable bonds is 5. The molecule has 1 saturated heterocycles. The summed E-state index contributed by atoms with van der Waals surface area (Å²) < 4.78 is 1.83. The maximum absolute atomic E-state index is 12.6. The summed E-state index contributed by atoms with van der Waals surface area (Å²) in [5.41, 5.74) is 0.812. The number of nitrogens with zero attached hydrogens (tertiary/aromatic N) is 4. The quantitative estimate of drug-likeness (QED) is 0.600. The highest BCUT2D eigenvalue weighted by Gasteiger charge is 2.20. The number of aromatic nitrogens is 2. The number of benzene rings is 1. The molecule has 1 atom stereocenters. The van der Waals surface area contributed by atoms with E-state index in [9.17, 15) is 14.9 Å². The molecule has 3 rings (SSSR count). The van der Waals surface area contributed by atoms with Crippen molar-refractivity contribution in [2.24, 2.45) is 0 Å². The molecule has 1 aliphatic rings. The van der Waals surface area contributed by atoms with E-state index in [1.165, 1.54) is 23.1 Å². The summed E-state index contributed by atoms with van der Waals surface area (Å²) in [4.78, 5) is 24.5. The van der Waals surface area contributed by atoms with Gasteiger partial charge < -0.3 is 10.2 Å². The third kappa shape index (κ3) is 4.97. The van der Waals surface area contributed by atoms with Crippen molar-refractivity contribution in [3.63, 3.8) is 0 Å². The number of hydrogen-bond donors (Lipinski definition) is 1. The predicted molar refractivity (Wildman–Crippen MR) is 105 cm³/mol. The highest BCUT2D eigenvalue weighted by Crippen LogP contribution is 2.23. The number of carbonyl (C=O) groups excluding carboxylic acids is 1. The van der Waals surface area contributed by atoms with Crippen LogP contribution in [0.4, 0.5) is 5.69 Å². The minimum Gasteiger partial charge on any atom is -0.336 e. The van der Waals surface area contributed by atoms with Crippen LogP contribution in [0.3, 0.4) is 0 Å². The summed E-state index contributed by atoms with van der Waals surface area (Å²) >= 11 is 6.11. The zero-order chi connectivity index (χ0) is 18.7. The molecule has 2 aromatic rings. The second-order valence-electron chi connectivity index (χ2n) is 6.38. The molecule has 8 nitrogen and oxygen atoms in total. The molecule has 0 radical (unpaired) electrons. The number of amides is 1. The van der Waals surface area contributed by atoms with E-state index in [2.05, 4.69) is 10.4 Å². The van der Waals surface area contributed by atoms with Crippen LogP contribution in [0.5, 0.6) is 0 Å². The number of carbonyl (C=O) groups is 1. The minimum atomic E-state index is -0.485. The lowest BCUT2D eigenvalue weighted by Gasteiger charge is -2.23. The fourth-order valence-corrected chi connectivity index (χ4v) is 3.21. The predicted octanol–water partition coefficient (Wildman–Crippen LogP) is 3.06. The molecule has 10 heteroatoms. The molecule has 0 bridgehead atoms. The van der Waals surface area contributed by atoms with Gasteiger partial charge >= 0.3 is 0 Å². The maximum atomic E-state index is 12.6. The molecule has 1 unspecified atom stereocenters. The van der Waals surface area contributed by atoms with Crippen molar-refractivity contribution in [3.8, 4) is 0 Å². The van der Waals surface area contributed by atoms with Gasteiger partial charge in [-0.2, -0.15) is 5.10 Å². The molecule has 1 aliphatic heterocycles. The van der Waals surface area contributed by atoms with Gasteiger partial charge in [-0.05, 0) is 37.1 Å². The molecular formula is C17H21Cl2N5O3. The van der Waals surface area contributed by atoms with E-state index < -0.39 is 4.92 Å². The number of non-ortho nitro benzene ring substituents is 1. The first-order valence-electron chi connectivity index (χ1n) is 8.40. The van der Waals surface area contributed by atoms with Gasteiger partial charge in [0.15, 0.2) is 0 Å². The molecule has 0 spiro atoms. The molecule has 1 fully saturated rings. The van der Waals surface area contributed by atoms with Crippen LogP contribution in [0.1, 0.15) is 34.9 Å². The van der Waals surface area contributed by atoms with Crippen LogP contribution in [0.2, 0.25) is 5.02 Å². The van der Waals surface area contributed by atoms with E-state index in [0.29, 0.717) is 16.3 Å². The molecule has 27 heavy (non-hydrogen) atoms. The third-order valence-corrected chi connectivity index (χ3v) is 4.84. The van der Waals surface area contributed by atoms with E-state index in [0.717, 1.165) is 25.9 Å². The Balaban J connectivity index is 0.00000261. The van der Waals surface area contributed by atoms with Crippen molar-refractivity contribution < 1.29 is 9.72 Å². The summed E-state index contributed by atoms with van der Waals surface area (Å²) in [6.07, 6.45) is 3.93. The topological polar surface area (TPSA) is 93.3 Å². The van der Waals surface area contributed by atoms with Crippen LogP contribution in [0, 0.1) is 10.1 Å². The Hall–Kier alpha value is -2.16. The van der Waals surface area contributed by atoms with Crippen molar-refractivity contribution in [1.82, 2.24) is 20.0 Å². The molecule has 146 valence electrons.